The molecule has 0 saturated carbocycles. The zero-order valence-corrected chi connectivity index (χ0v) is 16.3. The van der Waals surface area contributed by atoms with Crippen LogP contribution in [0.2, 0.25) is 0 Å². The smallest absolute Gasteiger partial charge is 0.0598 e. The van der Waals surface area contributed by atoms with Gasteiger partial charge in [-0.15, -0.1) is 11.5 Å². The van der Waals surface area contributed by atoms with Crippen molar-refractivity contribution in [2.75, 3.05) is 6.54 Å². The molecular weight excluding hydrogens is 314 g/mol. The minimum atomic E-state index is 0.359. The highest BCUT2D eigenvalue weighted by Gasteiger charge is 2.32. The first-order valence-corrected chi connectivity index (χ1v) is 9.60. The van der Waals surface area contributed by atoms with Crippen molar-refractivity contribution < 1.29 is 0 Å². The van der Waals surface area contributed by atoms with Crippen LogP contribution in [-0.2, 0) is 0 Å². The standard InChI is InChI=1S/C25H29N/c1-5-25-23(18-24-19(2)12-8-6-9-13-20(24)3)16-17-26(25)21(4)22-14-10-7-11-15-22/h6-11,14-15,21,23H,1,12,16-18H2,2-4H3/b8-6-,24-19-/t13?,21-,23-/m0/s1. The molecule has 1 fully saturated rings. The number of rotatable bonds is 4. The fraction of sp³-hybridized carbons (Fsp3) is 0.360. The van der Waals surface area contributed by atoms with Crippen LogP contribution >= 0.6 is 0 Å². The van der Waals surface area contributed by atoms with E-state index in [0.717, 1.165) is 19.4 Å². The van der Waals surface area contributed by atoms with Gasteiger partial charge in [-0.2, -0.15) is 0 Å². The molecule has 1 aromatic rings. The first kappa shape index (κ1) is 18.3. The highest BCUT2D eigenvalue weighted by molar-refractivity contribution is 5.37. The second-order valence-electron chi connectivity index (χ2n) is 7.36. The summed E-state index contributed by atoms with van der Waals surface area (Å²) in [4.78, 5) is 2.49. The van der Waals surface area contributed by atoms with Gasteiger partial charge < -0.3 is 4.90 Å². The van der Waals surface area contributed by atoms with E-state index in [1.54, 1.807) is 0 Å². The highest BCUT2D eigenvalue weighted by Crippen LogP contribution is 2.39. The molecule has 3 rings (SSSR count). The lowest BCUT2D eigenvalue weighted by Crippen LogP contribution is -2.22. The average molecular weight is 344 g/mol. The minimum Gasteiger partial charge on any atom is -0.362 e. The Morgan fingerprint density at radius 3 is 2.77 bits per heavy atom. The van der Waals surface area contributed by atoms with Crippen molar-refractivity contribution in [1.82, 2.24) is 4.90 Å². The van der Waals surface area contributed by atoms with Gasteiger partial charge in [0.15, 0.2) is 0 Å². The molecule has 0 amide bonds. The van der Waals surface area contributed by atoms with Crippen molar-refractivity contribution in [3.8, 4) is 0 Å². The van der Waals surface area contributed by atoms with Gasteiger partial charge in [-0.05, 0) is 62.8 Å². The average Bonchev–Trinajstić information content (AvgIpc) is 3.07. The normalized spacial score (nSPS) is 25.3. The van der Waals surface area contributed by atoms with Crippen LogP contribution in [0.15, 0.2) is 89.0 Å². The highest BCUT2D eigenvalue weighted by atomic mass is 15.2. The van der Waals surface area contributed by atoms with Crippen molar-refractivity contribution in [3.63, 3.8) is 0 Å². The quantitative estimate of drug-likeness (QED) is 0.564. The SMILES string of the molecule is C=C=C1[C@H](C/C2=C(\C)C/C=C\C=C=C2C)CCN1[C@@H](C)c1ccccc1. The molecule has 134 valence electrons. The van der Waals surface area contributed by atoms with E-state index >= 15 is 0 Å². The van der Waals surface area contributed by atoms with Crippen LogP contribution in [0.1, 0.15) is 51.6 Å². The summed E-state index contributed by atoms with van der Waals surface area (Å²) in [7, 11) is 0. The number of hydrogen-bond acceptors (Lipinski definition) is 1. The Labute approximate surface area is 158 Å². The Balaban J connectivity index is 1.82. The lowest BCUT2D eigenvalue weighted by molar-refractivity contribution is 0.307. The maximum absolute atomic E-state index is 4.02. The van der Waals surface area contributed by atoms with Crippen LogP contribution in [0.4, 0.5) is 0 Å². The molecule has 1 nitrogen and oxygen atoms in total. The number of nitrogens with zero attached hydrogens (tertiary/aromatic N) is 1. The summed E-state index contributed by atoms with van der Waals surface area (Å²) in [5, 5.41) is 0. The Kier molecular flexibility index (Phi) is 5.84. The van der Waals surface area contributed by atoms with E-state index in [0.29, 0.717) is 12.0 Å². The molecule has 1 heterocycles. The van der Waals surface area contributed by atoms with Gasteiger partial charge in [-0.25, -0.2) is 0 Å². The molecule has 26 heavy (non-hydrogen) atoms. The third kappa shape index (κ3) is 3.86. The van der Waals surface area contributed by atoms with E-state index in [4.69, 9.17) is 0 Å². The fourth-order valence-electron chi connectivity index (χ4n) is 4.14. The van der Waals surface area contributed by atoms with Gasteiger partial charge in [0.1, 0.15) is 0 Å². The molecule has 0 radical (unpaired) electrons. The van der Waals surface area contributed by atoms with Crippen LogP contribution in [-0.4, -0.2) is 11.4 Å². The molecule has 0 aromatic heterocycles. The number of hydrogen-bond donors (Lipinski definition) is 0. The lowest BCUT2D eigenvalue weighted by atomic mass is 9.88. The van der Waals surface area contributed by atoms with Crippen LogP contribution in [0.25, 0.3) is 0 Å². The molecule has 0 unspecified atom stereocenters. The molecule has 0 bridgehead atoms. The first-order chi connectivity index (χ1) is 12.6. The number of benzene rings is 1. The topological polar surface area (TPSA) is 3.24 Å². The minimum absolute atomic E-state index is 0.359. The van der Waals surface area contributed by atoms with Crippen molar-refractivity contribution >= 4 is 0 Å². The summed E-state index contributed by atoms with van der Waals surface area (Å²) in [6, 6.07) is 11.1. The third-order valence-corrected chi connectivity index (χ3v) is 5.72. The van der Waals surface area contributed by atoms with Gasteiger partial charge in [0.25, 0.3) is 0 Å². The monoisotopic (exact) mass is 343 g/mol. The molecule has 1 aliphatic heterocycles. The molecule has 1 aliphatic carbocycles. The molecule has 1 aromatic carbocycles. The Bertz CT molecular complexity index is 824. The van der Waals surface area contributed by atoms with Gasteiger partial charge in [0, 0.05) is 12.5 Å². The largest absolute Gasteiger partial charge is 0.362 e. The maximum Gasteiger partial charge on any atom is 0.0598 e. The van der Waals surface area contributed by atoms with Crippen LogP contribution in [0, 0.1) is 5.92 Å². The summed E-state index contributed by atoms with van der Waals surface area (Å²) >= 11 is 0. The molecular formula is C25H29N. The Morgan fingerprint density at radius 1 is 1.27 bits per heavy atom. The lowest BCUT2D eigenvalue weighted by Gasteiger charge is -2.28. The van der Waals surface area contributed by atoms with Crippen molar-refractivity contribution in [3.05, 3.63) is 94.6 Å². The van der Waals surface area contributed by atoms with E-state index in [1.807, 2.05) is 6.08 Å². The van der Waals surface area contributed by atoms with Gasteiger partial charge >= 0.3 is 0 Å². The molecule has 1 saturated heterocycles. The first-order valence-electron chi connectivity index (χ1n) is 9.60. The summed E-state index contributed by atoms with van der Waals surface area (Å²) < 4.78 is 0. The van der Waals surface area contributed by atoms with Crippen LogP contribution in [0.3, 0.4) is 0 Å². The van der Waals surface area contributed by atoms with Crippen molar-refractivity contribution in [2.24, 2.45) is 5.92 Å². The van der Waals surface area contributed by atoms with Crippen molar-refractivity contribution in [1.29, 1.82) is 0 Å². The van der Waals surface area contributed by atoms with E-state index in [1.165, 1.54) is 34.4 Å². The number of likely N-dealkylation sites (tertiary alicyclic amines) is 1. The maximum atomic E-state index is 4.02. The van der Waals surface area contributed by atoms with E-state index in [9.17, 15) is 0 Å². The fourth-order valence-corrected chi connectivity index (χ4v) is 4.14. The molecule has 0 N–H and O–H groups in total. The molecule has 2 atom stereocenters. The van der Waals surface area contributed by atoms with Gasteiger partial charge in [-0.3, -0.25) is 0 Å². The van der Waals surface area contributed by atoms with Gasteiger partial charge in [0.2, 0.25) is 0 Å². The predicted octanol–water partition coefficient (Wildman–Crippen LogP) is 6.51. The van der Waals surface area contributed by atoms with Crippen molar-refractivity contribution in [2.45, 2.75) is 46.1 Å². The Hall–Kier alpha value is -2.46. The number of allylic oxidation sites excluding steroid dienone is 6. The second kappa shape index (κ2) is 8.28. The third-order valence-electron chi connectivity index (χ3n) is 5.72. The summed E-state index contributed by atoms with van der Waals surface area (Å²) in [6.07, 6.45) is 9.59. The zero-order valence-electron chi connectivity index (χ0n) is 16.3. The second-order valence-corrected chi connectivity index (χ2v) is 7.36. The molecule has 0 spiro atoms. The van der Waals surface area contributed by atoms with Gasteiger partial charge in [-0.1, -0.05) is 54.6 Å². The van der Waals surface area contributed by atoms with E-state index in [-0.39, 0.29) is 0 Å². The van der Waals surface area contributed by atoms with E-state index in [2.05, 4.69) is 86.2 Å². The summed E-state index contributed by atoms with van der Waals surface area (Å²) in [5.41, 5.74) is 13.5. The Morgan fingerprint density at radius 2 is 2.04 bits per heavy atom. The molecule has 2 aliphatic rings. The van der Waals surface area contributed by atoms with Crippen LogP contribution < -0.4 is 0 Å². The predicted molar refractivity (Wildman–Crippen MR) is 111 cm³/mol. The molecule has 1 heteroatoms. The van der Waals surface area contributed by atoms with Crippen LogP contribution in [0.5, 0.6) is 0 Å². The zero-order chi connectivity index (χ0) is 18.5. The summed E-state index contributed by atoms with van der Waals surface area (Å²) in [6.45, 7) is 11.8. The van der Waals surface area contributed by atoms with E-state index < -0.39 is 0 Å². The van der Waals surface area contributed by atoms with Gasteiger partial charge in [0.05, 0.1) is 11.7 Å². The summed E-state index contributed by atoms with van der Waals surface area (Å²) in [5.74, 6) is 0.490.